The second kappa shape index (κ2) is 16.1. The molecule has 7 aliphatic carbocycles. The number of anilines is 6. The smallest absolute Gasteiger partial charge is 0.137 e. The standard InChI is InChI=1S/C69H62N2O3/c1-42-29-47-27-28-68(37-42,38-43(47)2)48-11-15-50(16-12-48)70(54-19-23-58-56-7-3-5-9-62(56)73-66(58)35-54)52-21-25-64-60(33-52)61-34-53(22-26-65(61)72-64)71(55-20-24-59-57-8-4-6-10-63(57)74-67(59)36-55)51-17-13-49(14-18-51)69-39-44-30-45(40-69)32-46(31-44)41-69/h3-26,33-36,42-47H,27-32,37-41H2,1-2H3/t42?,43?,44?,45?,46?,47-,68?,69?/m0/s1. The van der Waals surface area contributed by atoms with Crippen LogP contribution in [0.3, 0.4) is 0 Å². The fraction of sp³-hybridized carbons (Fsp3) is 0.304. The maximum Gasteiger partial charge on any atom is 0.137 e. The summed E-state index contributed by atoms with van der Waals surface area (Å²) in [6.07, 6.45) is 15.0. The molecule has 0 spiro atoms. The Morgan fingerprint density at radius 3 is 1.30 bits per heavy atom. The molecule has 18 rings (SSSR count). The third-order valence-electron chi connectivity index (χ3n) is 19.7. The number of benzene rings is 8. The molecule has 74 heavy (non-hydrogen) atoms. The molecule has 7 fully saturated rings. The molecule has 0 N–H and O–H groups in total. The highest BCUT2D eigenvalue weighted by atomic mass is 16.3. The molecule has 0 radical (unpaired) electrons. The number of fused-ring (bicyclic) bond motifs is 13. The maximum atomic E-state index is 6.73. The van der Waals surface area contributed by atoms with E-state index in [9.17, 15) is 0 Å². The Kier molecular flexibility index (Phi) is 9.41. The van der Waals surface area contributed by atoms with E-state index in [1.807, 2.05) is 0 Å². The van der Waals surface area contributed by atoms with Crippen LogP contribution in [0.15, 0.2) is 183 Å². The molecule has 0 saturated heterocycles. The lowest BCUT2D eigenvalue weighted by molar-refractivity contribution is -0.00518. The number of para-hydroxylation sites is 2. The highest BCUT2D eigenvalue weighted by molar-refractivity contribution is 6.10. The quantitative estimate of drug-likeness (QED) is 0.152. The van der Waals surface area contributed by atoms with Crippen molar-refractivity contribution in [2.75, 3.05) is 9.80 Å². The van der Waals surface area contributed by atoms with Crippen molar-refractivity contribution in [3.05, 3.63) is 181 Å². The summed E-state index contributed by atoms with van der Waals surface area (Å²) in [5.41, 5.74) is 15.4. The number of nitrogens with zero attached hydrogens (tertiary/aromatic N) is 2. The largest absolute Gasteiger partial charge is 0.456 e. The van der Waals surface area contributed by atoms with Gasteiger partial charge >= 0.3 is 0 Å². The first-order chi connectivity index (χ1) is 36.3. The second-order valence-corrected chi connectivity index (χ2v) is 24.3. The first-order valence-corrected chi connectivity index (χ1v) is 27.9. The van der Waals surface area contributed by atoms with Gasteiger partial charge in [0.1, 0.15) is 33.5 Å². The van der Waals surface area contributed by atoms with Crippen LogP contribution in [0.25, 0.3) is 65.8 Å². The summed E-state index contributed by atoms with van der Waals surface area (Å²) in [4.78, 5) is 4.82. The van der Waals surface area contributed by atoms with Crippen molar-refractivity contribution in [1.29, 1.82) is 0 Å². The average Bonchev–Trinajstić information content (AvgIpc) is 4.06. The van der Waals surface area contributed by atoms with E-state index in [-0.39, 0.29) is 5.41 Å². The minimum absolute atomic E-state index is 0.247. The van der Waals surface area contributed by atoms with Crippen molar-refractivity contribution in [1.82, 2.24) is 0 Å². The van der Waals surface area contributed by atoms with Gasteiger partial charge in [0.05, 0.1) is 0 Å². The van der Waals surface area contributed by atoms with E-state index in [0.29, 0.717) is 5.41 Å². The molecule has 11 aromatic rings. The average molecular weight is 967 g/mol. The van der Waals surface area contributed by atoms with Gasteiger partial charge < -0.3 is 23.1 Å². The van der Waals surface area contributed by atoms with Gasteiger partial charge in [-0.05, 0) is 225 Å². The Balaban J connectivity index is 0.826. The Labute approximate surface area is 432 Å². The van der Waals surface area contributed by atoms with E-state index in [1.54, 1.807) is 0 Å². The summed E-state index contributed by atoms with van der Waals surface area (Å²) in [6, 6.07) is 63.0. The van der Waals surface area contributed by atoms with Crippen LogP contribution < -0.4 is 9.80 Å². The first-order valence-electron chi connectivity index (χ1n) is 27.9. The summed E-state index contributed by atoms with van der Waals surface area (Å²) in [7, 11) is 0. The van der Waals surface area contributed by atoms with E-state index >= 15 is 0 Å². The van der Waals surface area contributed by atoms with Gasteiger partial charge in [0.2, 0.25) is 0 Å². The van der Waals surface area contributed by atoms with Crippen molar-refractivity contribution in [2.24, 2.45) is 35.5 Å². The third-order valence-corrected chi connectivity index (χ3v) is 19.7. The number of rotatable bonds is 8. The fourth-order valence-corrected chi connectivity index (χ4v) is 16.8. The number of hydrogen-bond acceptors (Lipinski definition) is 5. The van der Waals surface area contributed by atoms with Gasteiger partial charge in [0.15, 0.2) is 0 Å². The van der Waals surface area contributed by atoms with E-state index in [0.717, 1.165) is 135 Å². The zero-order valence-electron chi connectivity index (χ0n) is 42.5. The van der Waals surface area contributed by atoms with Crippen molar-refractivity contribution in [2.45, 2.75) is 95.3 Å². The van der Waals surface area contributed by atoms with Crippen molar-refractivity contribution < 1.29 is 13.3 Å². The molecule has 7 aliphatic rings. The predicted octanol–water partition coefficient (Wildman–Crippen LogP) is 19.9. The highest BCUT2D eigenvalue weighted by Gasteiger charge is 2.51. The Bertz CT molecular complexity index is 3970. The molecule has 0 amide bonds. The Hall–Kier alpha value is -7.24. The normalized spacial score (nSPS) is 26.3. The van der Waals surface area contributed by atoms with E-state index in [2.05, 4.69) is 194 Å². The van der Waals surface area contributed by atoms with Gasteiger partial charge in [-0.25, -0.2) is 0 Å². The van der Waals surface area contributed by atoms with Crippen LogP contribution in [0.4, 0.5) is 34.1 Å². The second-order valence-electron chi connectivity index (χ2n) is 24.3. The van der Waals surface area contributed by atoms with Gasteiger partial charge in [-0.2, -0.15) is 0 Å². The van der Waals surface area contributed by atoms with Crippen LogP contribution in [0, 0.1) is 35.5 Å². The van der Waals surface area contributed by atoms with Gasteiger partial charge in [0.25, 0.3) is 0 Å². The van der Waals surface area contributed by atoms with Gasteiger partial charge in [-0.15, -0.1) is 0 Å². The summed E-state index contributed by atoms with van der Waals surface area (Å²) in [6.45, 7) is 5.00. The SMILES string of the molecule is CC1C[C@@H]2CCC(c3ccc(N(c4ccc5c(c4)oc4ccccc45)c4ccc5oc6ccc(N(c7ccc(C89CC%10CC(CC(C%10)C8)C9)cc7)c7ccc8c(c7)oc7ccccc78)cc6c5c4)cc3)(C1)CC2C. The van der Waals surface area contributed by atoms with E-state index in [4.69, 9.17) is 13.3 Å². The van der Waals surface area contributed by atoms with Crippen LogP contribution in [0.1, 0.15) is 95.6 Å². The first kappa shape index (κ1) is 43.2. The minimum atomic E-state index is 0.247. The van der Waals surface area contributed by atoms with Crippen molar-refractivity contribution in [3.8, 4) is 0 Å². The van der Waals surface area contributed by atoms with Gasteiger partial charge in [-0.3, -0.25) is 0 Å². The molecular formula is C69H62N2O3. The summed E-state index contributed by atoms with van der Waals surface area (Å²) in [5.74, 6) is 5.08. The lowest BCUT2D eigenvalue weighted by Gasteiger charge is -2.57. The number of furan rings is 3. The molecule has 4 atom stereocenters. The summed E-state index contributed by atoms with van der Waals surface area (Å²) < 4.78 is 19.8. The molecule has 5 heteroatoms. The molecule has 7 saturated carbocycles. The summed E-state index contributed by atoms with van der Waals surface area (Å²) in [5, 5.41) is 6.69. The molecular weight excluding hydrogens is 905 g/mol. The fourth-order valence-electron chi connectivity index (χ4n) is 16.8. The Morgan fingerprint density at radius 2 is 0.784 bits per heavy atom. The molecule has 5 nitrogen and oxygen atoms in total. The molecule has 8 aromatic carbocycles. The zero-order valence-corrected chi connectivity index (χ0v) is 42.5. The van der Waals surface area contributed by atoms with E-state index in [1.165, 1.54) is 81.8 Å². The van der Waals surface area contributed by atoms with Crippen LogP contribution in [0.5, 0.6) is 0 Å². The van der Waals surface area contributed by atoms with Crippen molar-refractivity contribution >= 4 is 99.9 Å². The molecule has 6 bridgehead atoms. The number of hydrogen-bond donors (Lipinski definition) is 0. The van der Waals surface area contributed by atoms with Gasteiger partial charge in [-0.1, -0.05) is 74.5 Å². The third kappa shape index (κ3) is 6.73. The van der Waals surface area contributed by atoms with Crippen LogP contribution in [-0.4, -0.2) is 0 Å². The van der Waals surface area contributed by atoms with Crippen LogP contribution in [0.2, 0.25) is 0 Å². The minimum Gasteiger partial charge on any atom is -0.456 e. The summed E-state index contributed by atoms with van der Waals surface area (Å²) >= 11 is 0. The zero-order chi connectivity index (χ0) is 48.9. The highest BCUT2D eigenvalue weighted by Crippen LogP contribution is 2.61. The van der Waals surface area contributed by atoms with Crippen LogP contribution in [-0.2, 0) is 10.8 Å². The lowest BCUT2D eigenvalue weighted by atomic mass is 9.48. The van der Waals surface area contributed by atoms with Crippen LogP contribution >= 0.6 is 0 Å². The van der Waals surface area contributed by atoms with Crippen molar-refractivity contribution in [3.63, 3.8) is 0 Å². The predicted molar refractivity (Wildman–Crippen MR) is 304 cm³/mol. The monoisotopic (exact) mass is 966 g/mol. The molecule has 3 unspecified atom stereocenters. The van der Waals surface area contributed by atoms with E-state index < -0.39 is 0 Å². The molecule has 366 valence electrons. The van der Waals surface area contributed by atoms with Gasteiger partial charge in [0, 0.05) is 78.6 Å². The molecule has 0 aliphatic heterocycles. The Morgan fingerprint density at radius 1 is 0.365 bits per heavy atom. The molecule has 3 aromatic heterocycles. The maximum absolute atomic E-state index is 6.73. The lowest BCUT2D eigenvalue weighted by Crippen LogP contribution is -2.48. The molecule has 3 heterocycles. The topological polar surface area (TPSA) is 45.9 Å².